The lowest BCUT2D eigenvalue weighted by molar-refractivity contribution is 0.281. The smallest absolute Gasteiger partial charge is 0.145 e. The molecule has 1 N–H and O–H groups in total. The van der Waals surface area contributed by atoms with Crippen molar-refractivity contribution in [1.29, 1.82) is 5.26 Å². The van der Waals surface area contributed by atoms with Crippen molar-refractivity contribution in [2.75, 3.05) is 14.2 Å². The van der Waals surface area contributed by atoms with Gasteiger partial charge in [-0.2, -0.15) is 5.26 Å². The predicted molar refractivity (Wildman–Crippen MR) is 76.7 cm³/mol. The van der Waals surface area contributed by atoms with Crippen molar-refractivity contribution in [2.45, 2.75) is 6.61 Å². The number of benzene rings is 2. The quantitative estimate of drug-likeness (QED) is 0.914. The van der Waals surface area contributed by atoms with Gasteiger partial charge in [-0.1, -0.05) is 6.07 Å². The first kappa shape index (κ1) is 14.7. The molecule has 108 valence electrons. The van der Waals surface area contributed by atoms with Gasteiger partial charge < -0.3 is 19.3 Å². The number of nitrogens with zero attached hydrogens (tertiary/aromatic N) is 1. The largest absolute Gasteiger partial charge is 0.496 e. The van der Waals surface area contributed by atoms with Gasteiger partial charge in [0.05, 0.1) is 26.4 Å². The highest BCUT2D eigenvalue weighted by atomic mass is 16.5. The molecule has 0 aliphatic rings. The Morgan fingerprint density at radius 2 is 1.62 bits per heavy atom. The molecule has 0 heterocycles. The van der Waals surface area contributed by atoms with Gasteiger partial charge in [-0.05, 0) is 17.7 Å². The first-order valence-corrected chi connectivity index (χ1v) is 6.25. The topological polar surface area (TPSA) is 71.7 Å². The standard InChI is InChI=1S/C16H15NO4/c1-19-13-6-14(20-2)8-15(7-13)21-16-4-3-11(10-18)5-12(16)9-17/h3-8,18H,10H2,1-2H3. The number of nitriles is 1. The summed E-state index contributed by atoms with van der Waals surface area (Å²) in [5, 5.41) is 18.2. The van der Waals surface area contributed by atoms with Gasteiger partial charge in [0.2, 0.25) is 0 Å². The Morgan fingerprint density at radius 1 is 1.00 bits per heavy atom. The van der Waals surface area contributed by atoms with E-state index < -0.39 is 0 Å². The molecule has 0 fully saturated rings. The van der Waals surface area contributed by atoms with Crippen LogP contribution in [0, 0.1) is 11.3 Å². The van der Waals surface area contributed by atoms with Gasteiger partial charge in [0, 0.05) is 18.2 Å². The van der Waals surface area contributed by atoms with Crippen molar-refractivity contribution >= 4 is 0 Å². The van der Waals surface area contributed by atoms with Crippen LogP contribution in [0.3, 0.4) is 0 Å². The summed E-state index contributed by atoms with van der Waals surface area (Å²) < 4.78 is 16.1. The van der Waals surface area contributed by atoms with Crippen molar-refractivity contribution in [3.63, 3.8) is 0 Å². The maximum Gasteiger partial charge on any atom is 0.145 e. The molecule has 0 saturated carbocycles. The molecular weight excluding hydrogens is 270 g/mol. The Morgan fingerprint density at radius 3 is 2.14 bits per heavy atom. The maximum absolute atomic E-state index is 9.16. The molecular formula is C16H15NO4. The fraction of sp³-hybridized carbons (Fsp3) is 0.188. The minimum Gasteiger partial charge on any atom is -0.496 e. The first-order valence-electron chi connectivity index (χ1n) is 6.25. The Balaban J connectivity index is 2.36. The van der Waals surface area contributed by atoms with E-state index in [1.54, 1.807) is 50.6 Å². The summed E-state index contributed by atoms with van der Waals surface area (Å²) in [5.41, 5.74) is 1.01. The van der Waals surface area contributed by atoms with E-state index in [4.69, 9.17) is 24.6 Å². The zero-order valence-electron chi connectivity index (χ0n) is 11.8. The minimum absolute atomic E-state index is 0.123. The number of methoxy groups -OCH3 is 2. The summed E-state index contributed by atoms with van der Waals surface area (Å²) in [7, 11) is 3.10. The molecule has 0 saturated heterocycles. The van der Waals surface area contributed by atoms with E-state index in [1.165, 1.54) is 0 Å². The van der Waals surface area contributed by atoms with Crippen molar-refractivity contribution in [3.8, 4) is 29.1 Å². The minimum atomic E-state index is -0.123. The van der Waals surface area contributed by atoms with Gasteiger partial charge in [0.1, 0.15) is 29.1 Å². The molecule has 21 heavy (non-hydrogen) atoms. The fourth-order valence-corrected chi connectivity index (χ4v) is 1.82. The summed E-state index contributed by atoms with van der Waals surface area (Å²) in [6.45, 7) is -0.123. The van der Waals surface area contributed by atoms with Gasteiger partial charge >= 0.3 is 0 Å². The monoisotopic (exact) mass is 285 g/mol. The second-order valence-corrected chi connectivity index (χ2v) is 4.25. The molecule has 0 spiro atoms. The molecule has 0 aliphatic carbocycles. The van der Waals surface area contributed by atoms with Crippen LogP contribution >= 0.6 is 0 Å². The van der Waals surface area contributed by atoms with Crippen LogP contribution in [-0.4, -0.2) is 19.3 Å². The van der Waals surface area contributed by atoms with E-state index in [0.717, 1.165) is 0 Å². The molecule has 0 aliphatic heterocycles. The maximum atomic E-state index is 9.16. The van der Waals surface area contributed by atoms with Crippen LogP contribution in [0.2, 0.25) is 0 Å². The van der Waals surface area contributed by atoms with Crippen molar-refractivity contribution < 1.29 is 19.3 Å². The molecule has 0 aromatic heterocycles. The van der Waals surface area contributed by atoms with Crippen molar-refractivity contribution in [1.82, 2.24) is 0 Å². The average Bonchev–Trinajstić information content (AvgIpc) is 2.54. The van der Waals surface area contributed by atoms with Crippen LogP contribution < -0.4 is 14.2 Å². The molecule has 5 nitrogen and oxygen atoms in total. The second-order valence-electron chi connectivity index (χ2n) is 4.25. The van der Waals surface area contributed by atoms with Crippen molar-refractivity contribution in [2.24, 2.45) is 0 Å². The number of aliphatic hydroxyl groups excluding tert-OH is 1. The Labute approximate surface area is 122 Å². The third-order valence-corrected chi connectivity index (χ3v) is 2.90. The van der Waals surface area contributed by atoms with Gasteiger partial charge in [-0.15, -0.1) is 0 Å². The average molecular weight is 285 g/mol. The molecule has 0 radical (unpaired) electrons. The highest BCUT2D eigenvalue weighted by Crippen LogP contribution is 2.32. The highest BCUT2D eigenvalue weighted by molar-refractivity contribution is 5.49. The van der Waals surface area contributed by atoms with Crippen LogP contribution in [0.4, 0.5) is 0 Å². The molecule has 0 amide bonds. The fourth-order valence-electron chi connectivity index (χ4n) is 1.82. The van der Waals surface area contributed by atoms with Crippen LogP contribution in [-0.2, 0) is 6.61 Å². The third-order valence-electron chi connectivity index (χ3n) is 2.90. The van der Waals surface area contributed by atoms with Crippen LogP contribution in [0.25, 0.3) is 0 Å². The van der Waals surface area contributed by atoms with Crippen LogP contribution in [0.5, 0.6) is 23.0 Å². The Kier molecular flexibility index (Phi) is 4.64. The summed E-state index contributed by atoms with van der Waals surface area (Å²) in [6.07, 6.45) is 0. The second kappa shape index (κ2) is 6.64. The lowest BCUT2D eigenvalue weighted by Crippen LogP contribution is -1.93. The summed E-state index contributed by atoms with van der Waals surface area (Å²) in [5.74, 6) is 2.09. The van der Waals surface area contributed by atoms with Gasteiger partial charge in [-0.3, -0.25) is 0 Å². The van der Waals surface area contributed by atoms with E-state index in [0.29, 0.717) is 34.1 Å². The number of aliphatic hydroxyl groups is 1. The summed E-state index contributed by atoms with van der Waals surface area (Å²) in [4.78, 5) is 0. The molecule has 2 aromatic carbocycles. The number of ether oxygens (including phenoxy) is 3. The Hall–Kier alpha value is -2.71. The highest BCUT2D eigenvalue weighted by Gasteiger charge is 2.08. The molecule has 0 atom stereocenters. The zero-order chi connectivity index (χ0) is 15.2. The van der Waals surface area contributed by atoms with Crippen LogP contribution in [0.15, 0.2) is 36.4 Å². The Bertz CT molecular complexity index is 654. The lowest BCUT2D eigenvalue weighted by Gasteiger charge is -2.11. The van der Waals surface area contributed by atoms with Gasteiger partial charge in [0.25, 0.3) is 0 Å². The molecule has 0 unspecified atom stereocenters. The molecule has 5 heteroatoms. The van der Waals surface area contributed by atoms with Gasteiger partial charge in [0.15, 0.2) is 0 Å². The molecule has 2 rings (SSSR count). The summed E-state index contributed by atoms with van der Waals surface area (Å²) >= 11 is 0. The summed E-state index contributed by atoms with van der Waals surface area (Å²) in [6, 6.07) is 12.1. The number of rotatable bonds is 5. The van der Waals surface area contributed by atoms with Gasteiger partial charge in [-0.25, -0.2) is 0 Å². The van der Waals surface area contributed by atoms with E-state index >= 15 is 0 Å². The van der Waals surface area contributed by atoms with E-state index in [-0.39, 0.29) is 6.61 Å². The van der Waals surface area contributed by atoms with Crippen LogP contribution in [0.1, 0.15) is 11.1 Å². The molecule has 2 aromatic rings. The normalized spacial score (nSPS) is 9.81. The van der Waals surface area contributed by atoms with E-state index in [1.807, 2.05) is 6.07 Å². The predicted octanol–water partition coefficient (Wildman–Crippen LogP) is 2.86. The van der Waals surface area contributed by atoms with E-state index in [2.05, 4.69) is 0 Å². The zero-order valence-corrected chi connectivity index (χ0v) is 11.8. The number of hydrogen-bond acceptors (Lipinski definition) is 5. The van der Waals surface area contributed by atoms with Crippen molar-refractivity contribution in [3.05, 3.63) is 47.5 Å². The van der Waals surface area contributed by atoms with E-state index in [9.17, 15) is 0 Å². The lowest BCUT2D eigenvalue weighted by atomic mass is 10.1. The first-order chi connectivity index (χ1) is 10.2. The third kappa shape index (κ3) is 3.44. The SMILES string of the molecule is COc1cc(OC)cc(Oc2ccc(CO)cc2C#N)c1. The number of hydrogen-bond donors (Lipinski definition) is 1. The molecule has 0 bridgehead atoms.